The molecule has 0 atom stereocenters. The van der Waals surface area contributed by atoms with Gasteiger partial charge in [-0.2, -0.15) is 5.26 Å². The van der Waals surface area contributed by atoms with Gasteiger partial charge in [0, 0.05) is 0 Å². The fourth-order valence-corrected chi connectivity index (χ4v) is 2.28. The Bertz CT molecular complexity index is 446. The van der Waals surface area contributed by atoms with Crippen LogP contribution in [0.1, 0.15) is 31.4 Å². The predicted molar refractivity (Wildman–Crippen MR) is 65.3 cm³/mol. The first-order valence-electron chi connectivity index (χ1n) is 5.75. The van der Waals surface area contributed by atoms with Gasteiger partial charge in [-0.05, 0) is 25.0 Å². The van der Waals surface area contributed by atoms with Crippen LogP contribution in [0.25, 0.3) is 0 Å². The average molecular weight is 232 g/mol. The van der Waals surface area contributed by atoms with E-state index in [0.29, 0.717) is 11.5 Å². The number of hydrogen-bond donors (Lipinski definition) is 3. The maximum atomic E-state index is 9.48. The Morgan fingerprint density at radius 2 is 2.18 bits per heavy atom. The van der Waals surface area contributed by atoms with Crippen molar-refractivity contribution in [3.63, 3.8) is 0 Å². The first-order valence-corrected chi connectivity index (χ1v) is 5.75. The summed E-state index contributed by atoms with van der Waals surface area (Å²) in [5.41, 5.74) is 5.93. The quantitative estimate of drug-likeness (QED) is 0.729. The molecule has 1 fully saturated rings. The third-order valence-corrected chi connectivity index (χ3v) is 3.29. The molecule has 0 bridgehead atoms. The fraction of sp³-hybridized carbons (Fsp3) is 0.500. The molecule has 0 aromatic carbocycles. The molecule has 0 amide bonds. The van der Waals surface area contributed by atoms with Gasteiger partial charge in [0.2, 0.25) is 0 Å². The fourth-order valence-electron chi connectivity index (χ4n) is 2.28. The number of nitrogens with one attached hydrogen (secondary N) is 1. The molecule has 1 saturated carbocycles. The van der Waals surface area contributed by atoms with Crippen LogP contribution >= 0.6 is 0 Å². The van der Waals surface area contributed by atoms with E-state index < -0.39 is 0 Å². The van der Waals surface area contributed by atoms with Gasteiger partial charge in [-0.15, -0.1) is 0 Å². The molecule has 0 unspecified atom stereocenters. The highest BCUT2D eigenvalue weighted by molar-refractivity contribution is 5.55. The smallest absolute Gasteiger partial charge is 0.165 e. The lowest BCUT2D eigenvalue weighted by Gasteiger charge is -2.28. The molecule has 17 heavy (non-hydrogen) atoms. The van der Waals surface area contributed by atoms with Crippen molar-refractivity contribution >= 4 is 11.5 Å². The summed E-state index contributed by atoms with van der Waals surface area (Å²) in [6.07, 6.45) is 4.07. The Kier molecular flexibility index (Phi) is 3.16. The number of nitrogens with two attached hydrogens (primary N) is 1. The molecule has 2 rings (SSSR count). The first-order chi connectivity index (χ1) is 8.19. The van der Waals surface area contributed by atoms with Crippen molar-refractivity contribution in [3.05, 3.63) is 17.8 Å². The first kappa shape index (κ1) is 11.7. The summed E-state index contributed by atoms with van der Waals surface area (Å²) in [6.45, 7) is 0.0843. The van der Waals surface area contributed by atoms with Crippen LogP contribution in [0.15, 0.2) is 12.1 Å². The van der Waals surface area contributed by atoms with Crippen LogP contribution in [-0.4, -0.2) is 22.2 Å². The summed E-state index contributed by atoms with van der Waals surface area (Å²) in [5, 5.41) is 21.6. The number of nitriles is 1. The summed E-state index contributed by atoms with van der Waals surface area (Å²) in [6, 6.07) is 5.36. The second-order valence-corrected chi connectivity index (χ2v) is 4.52. The number of nitrogen functional groups attached to an aromatic ring is 1. The number of hydrogen-bond acceptors (Lipinski definition) is 5. The van der Waals surface area contributed by atoms with E-state index >= 15 is 0 Å². The average Bonchev–Trinajstić information content (AvgIpc) is 2.81. The molecular formula is C12H16N4O. The molecular weight excluding hydrogens is 216 g/mol. The van der Waals surface area contributed by atoms with Gasteiger partial charge >= 0.3 is 0 Å². The Balaban J connectivity index is 2.21. The van der Waals surface area contributed by atoms with Gasteiger partial charge in [-0.25, -0.2) is 4.98 Å². The third kappa shape index (κ3) is 2.32. The molecule has 0 aliphatic heterocycles. The molecule has 4 N–H and O–H groups in total. The SMILES string of the molecule is N#Cc1nc(NC2(CO)CCCC2)ccc1N. The van der Waals surface area contributed by atoms with Crippen LogP contribution < -0.4 is 11.1 Å². The monoisotopic (exact) mass is 232 g/mol. The maximum Gasteiger partial charge on any atom is 0.165 e. The van der Waals surface area contributed by atoms with Crippen LogP contribution in [0.3, 0.4) is 0 Å². The summed E-state index contributed by atoms with van der Waals surface area (Å²) < 4.78 is 0. The van der Waals surface area contributed by atoms with E-state index in [1.807, 2.05) is 6.07 Å². The number of rotatable bonds is 3. The van der Waals surface area contributed by atoms with E-state index in [4.69, 9.17) is 11.0 Å². The zero-order chi connectivity index (χ0) is 12.3. The molecule has 1 aromatic heterocycles. The van der Waals surface area contributed by atoms with Crippen molar-refractivity contribution in [1.29, 1.82) is 5.26 Å². The zero-order valence-corrected chi connectivity index (χ0v) is 9.61. The molecule has 1 aromatic rings. The van der Waals surface area contributed by atoms with Gasteiger partial charge < -0.3 is 16.2 Å². The van der Waals surface area contributed by atoms with Crippen molar-refractivity contribution in [1.82, 2.24) is 4.98 Å². The second kappa shape index (κ2) is 4.60. The number of nitrogens with zero attached hydrogens (tertiary/aromatic N) is 2. The minimum absolute atomic E-state index is 0.0843. The van der Waals surface area contributed by atoms with Crippen LogP contribution in [0.2, 0.25) is 0 Å². The molecule has 5 heteroatoms. The summed E-state index contributed by atoms with van der Waals surface area (Å²) in [5.74, 6) is 0.603. The maximum absolute atomic E-state index is 9.48. The number of anilines is 2. The van der Waals surface area contributed by atoms with Gasteiger partial charge in [-0.1, -0.05) is 12.8 Å². The highest BCUT2D eigenvalue weighted by atomic mass is 16.3. The zero-order valence-electron chi connectivity index (χ0n) is 9.61. The number of pyridine rings is 1. The van der Waals surface area contributed by atoms with Crippen LogP contribution in [0.4, 0.5) is 11.5 Å². The lowest BCUT2D eigenvalue weighted by molar-refractivity contribution is 0.214. The van der Waals surface area contributed by atoms with Crippen molar-refractivity contribution in [2.45, 2.75) is 31.2 Å². The van der Waals surface area contributed by atoms with E-state index in [1.165, 1.54) is 0 Å². The second-order valence-electron chi connectivity index (χ2n) is 4.52. The Morgan fingerprint density at radius 1 is 1.47 bits per heavy atom. The largest absolute Gasteiger partial charge is 0.396 e. The van der Waals surface area contributed by atoms with Crippen LogP contribution in [0.5, 0.6) is 0 Å². The van der Waals surface area contributed by atoms with E-state index in [2.05, 4.69) is 10.3 Å². The topological polar surface area (TPSA) is 95.0 Å². The Morgan fingerprint density at radius 3 is 2.76 bits per heavy atom. The highest BCUT2D eigenvalue weighted by Crippen LogP contribution is 2.32. The van der Waals surface area contributed by atoms with Crippen molar-refractivity contribution < 1.29 is 5.11 Å². The van der Waals surface area contributed by atoms with Crippen molar-refractivity contribution in [2.24, 2.45) is 0 Å². The molecule has 1 aliphatic rings. The molecule has 90 valence electrons. The van der Waals surface area contributed by atoms with E-state index in [-0.39, 0.29) is 17.8 Å². The van der Waals surface area contributed by atoms with Gasteiger partial charge in [0.15, 0.2) is 5.69 Å². The minimum atomic E-state index is -0.282. The highest BCUT2D eigenvalue weighted by Gasteiger charge is 2.33. The van der Waals surface area contributed by atoms with Crippen LogP contribution in [-0.2, 0) is 0 Å². The molecule has 0 saturated heterocycles. The molecule has 1 heterocycles. The Labute approximate surface area is 100 Å². The van der Waals surface area contributed by atoms with Gasteiger partial charge in [0.05, 0.1) is 17.8 Å². The number of aliphatic hydroxyl groups excluding tert-OH is 1. The normalized spacial score (nSPS) is 17.6. The summed E-state index contributed by atoms with van der Waals surface area (Å²) in [4.78, 5) is 4.14. The number of aromatic nitrogens is 1. The summed E-state index contributed by atoms with van der Waals surface area (Å²) >= 11 is 0. The minimum Gasteiger partial charge on any atom is -0.396 e. The van der Waals surface area contributed by atoms with E-state index in [9.17, 15) is 5.11 Å². The summed E-state index contributed by atoms with van der Waals surface area (Å²) in [7, 11) is 0. The molecule has 0 radical (unpaired) electrons. The molecule has 0 spiro atoms. The van der Waals surface area contributed by atoms with Crippen molar-refractivity contribution in [2.75, 3.05) is 17.7 Å². The van der Waals surface area contributed by atoms with E-state index in [1.54, 1.807) is 12.1 Å². The predicted octanol–water partition coefficient (Wildman–Crippen LogP) is 1.25. The lowest BCUT2D eigenvalue weighted by atomic mass is 9.99. The van der Waals surface area contributed by atoms with Crippen molar-refractivity contribution in [3.8, 4) is 6.07 Å². The van der Waals surface area contributed by atoms with E-state index in [0.717, 1.165) is 25.7 Å². The van der Waals surface area contributed by atoms with Gasteiger partial charge in [-0.3, -0.25) is 0 Å². The van der Waals surface area contributed by atoms with Crippen LogP contribution in [0, 0.1) is 11.3 Å². The molecule has 1 aliphatic carbocycles. The molecule has 5 nitrogen and oxygen atoms in total. The van der Waals surface area contributed by atoms with Gasteiger partial charge in [0.25, 0.3) is 0 Å². The Hall–Kier alpha value is -1.80. The standard InChI is InChI=1S/C12H16N4O/c13-7-10-9(14)3-4-11(15-10)16-12(8-17)5-1-2-6-12/h3-4,17H,1-2,5-6,8,14H2,(H,15,16). The van der Waals surface area contributed by atoms with Gasteiger partial charge in [0.1, 0.15) is 11.9 Å². The lowest BCUT2D eigenvalue weighted by Crippen LogP contribution is -2.39. The third-order valence-electron chi connectivity index (χ3n) is 3.29. The number of aliphatic hydroxyl groups is 1.